The molecule has 0 spiro atoms. The molecule has 2 rings (SSSR count). The lowest BCUT2D eigenvalue weighted by molar-refractivity contribution is 0.373. The van der Waals surface area contributed by atoms with E-state index in [2.05, 4.69) is 15.6 Å². The van der Waals surface area contributed by atoms with Gasteiger partial charge in [0.05, 0.1) is 7.11 Å². The van der Waals surface area contributed by atoms with Gasteiger partial charge in [-0.1, -0.05) is 24.3 Å². The number of benzene rings is 2. The van der Waals surface area contributed by atoms with Gasteiger partial charge in [-0.15, -0.1) is 0 Å². The minimum atomic E-state index is -0.193. The van der Waals surface area contributed by atoms with Crippen molar-refractivity contribution in [3.63, 3.8) is 0 Å². The number of hydrogen-bond acceptors (Lipinski definition) is 3. The van der Waals surface area contributed by atoms with Crippen molar-refractivity contribution in [3.8, 4) is 11.5 Å². The zero-order chi connectivity index (χ0) is 18.8. The lowest BCUT2D eigenvalue weighted by atomic mass is 10.1. The minimum absolute atomic E-state index is 0.132. The maximum Gasteiger partial charge on any atom is 0.191 e. The van der Waals surface area contributed by atoms with E-state index >= 15 is 0 Å². The van der Waals surface area contributed by atoms with Crippen LogP contribution in [0.3, 0.4) is 0 Å². The third-order valence-electron chi connectivity index (χ3n) is 3.90. The van der Waals surface area contributed by atoms with Crippen molar-refractivity contribution in [1.82, 2.24) is 10.6 Å². The number of rotatable bonds is 8. The van der Waals surface area contributed by atoms with Crippen molar-refractivity contribution < 1.29 is 14.2 Å². The Morgan fingerprint density at radius 3 is 2.69 bits per heavy atom. The monoisotopic (exact) mass is 359 g/mol. The minimum Gasteiger partial charge on any atom is -0.504 e. The molecule has 0 heterocycles. The Bertz CT molecular complexity index is 735. The van der Waals surface area contributed by atoms with Gasteiger partial charge in [0.2, 0.25) is 0 Å². The maximum absolute atomic E-state index is 13.6. The highest BCUT2D eigenvalue weighted by molar-refractivity contribution is 5.79. The van der Waals surface area contributed by atoms with E-state index < -0.39 is 0 Å². The van der Waals surface area contributed by atoms with Gasteiger partial charge in [-0.25, -0.2) is 4.39 Å². The summed E-state index contributed by atoms with van der Waals surface area (Å²) in [6.07, 6.45) is 1.31. The maximum atomic E-state index is 13.6. The van der Waals surface area contributed by atoms with Gasteiger partial charge in [0.25, 0.3) is 0 Å². The van der Waals surface area contributed by atoms with Crippen molar-refractivity contribution in [3.05, 3.63) is 59.4 Å². The summed E-state index contributed by atoms with van der Waals surface area (Å²) < 4.78 is 18.8. The molecule has 0 saturated carbocycles. The van der Waals surface area contributed by atoms with Gasteiger partial charge in [-0.05, 0) is 49.1 Å². The Kier molecular flexibility index (Phi) is 7.74. The highest BCUT2D eigenvalue weighted by atomic mass is 19.1. The normalized spacial score (nSPS) is 11.3. The van der Waals surface area contributed by atoms with Crippen molar-refractivity contribution in [1.29, 1.82) is 0 Å². The molecule has 0 amide bonds. The molecule has 0 bridgehead atoms. The van der Waals surface area contributed by atoms with Gasteiger partial charge in [0.1, 0.15) is 5.82 Å². The van der Waals surface area contributed by atoms with E-state index in [1.165, 1.54) is 13.2 Å². The average molecular weight is 359 g/mol. The quantitative estimate of drug-likeness (QED) is 0.501. The number of aliphatic imine (C=N–C) groups is 1. The van der Waals surface area contributed by atoms with Crippen LogP contribution in [0.1, 0.15) is 18.1 Å². The second-order valence-corrected chi connectivity index (χ2v) is 5.79. The van der Waals surface area contributed by atoms with Crippen molar-refractivity contribution in [2.24, 2.45) is 4.99 Å². The van der Waals surface area contributed by atoms with E-state index in [4.69, 9.17) is 4.74 Å². The second-order valence-electron chi connectivity index (χ2n) is 5.79. The number of aromatic hydroxyl groups is 1. The molecule has 0 unspecified atom stereocenters. The summed E-state index contributed by atoms with van der Waals surface area (Å²) >= 11 is 0. The lowest BCUT2D eigenvalue weighted by Gasteiger charge is -2.12. The third-order valence-corrected chi connectivity index (χ3v) is 3.90. The van der Waals surface area contributed by atoms with Crippen LogP contribution in [0, 0.1) is 5.82 Å². The van der Waals surface area contributed by atoms with Crippen LogP contribution in [-0.4, -0.2) is 37.8 Å². The largest absolute Gasteiger partial charge is 0.504 e. The molecule has 0 fully saturated rings. The predicted octanol–water partition coefficient (Wildman–Crippen LogP) is 2.88. The molecule has 2 aromatic carbocycles. The Labute approximate surface area is 153 Å². The van der Waals surface area contributed by atoms with Crippen molar-refractivity contribution in [2.45, 2.75) is 19.8 Å². The number of phenolic OH excluding ortho intramolecular Hbond substituents is 1. The van der Waals surface area contributed by atoms with E-state index in [0.717, 1.165) is 18.5 Å². The van der Waals surface area contributed by atoms with Crippen LogP contribution in [0.2, 0.25) is 0 Å². The first-order valence-corrected chi connectivity index (χ1v) is 8.75. The zero-order valence-corrected chi connectivity index (χ0v) is 15.3. The molecule has 3 N–H and O–H groups in total. The second kappa shape index (κ2) is 10.3. The summed E-state index contributed by atoms with van der Waals surface area (Å²) in [6, 6.07) is 12.1. The molecule has 140 valence electrons. The van der Waals surface area contributed by atoms with Crippen LogP contribution < -0.4 is 15.4 Å². The summed E-state index contributed by atoms with van der Waals surface area (Å²) in [4.78, 5) is 4.49. The molecular weight excluding hydrogens is 333 g/mol. The van der Waals surface area contributed by atoms with Crippen LogP contribution in [0.5, 0.6) is 11.5 Å². The standard InChI is InChI=1S/C20H26FN3O2/c1-3-22-20(24-13-11-16-6-4-5-7-17(16)21)23-12-10-15-8-9-18(25)19(14-15)26-2/h4-9,14,25H,3,10-13H2,1-2H3,(H2,22,23,24). The lowest BCUT2D eigenvalue weighted by Crippen LogP contribution is -2.38. The summed E-state index contributed by atoms with van der Waals surface area (Å²) in [7, 11) is 1.53. The van der Waals surface area contributed by atoms with Crippen molar-refractivity contribution >= 4 is 5.96 Å². The van der Waals surface area contributed by atoms with Crippen LogP contribution >= 0.6 is 0 Å². The number of guanidine groups is 1. The highest BCUT2D eigenvalue weighted by Crippen LogP contribution is 2.26. The number of halogens is 1. The van der Waals surface area contributed by atoms with Crippen LogP contribution in [0.25, 0.3) is 0 Å². The third kappa shape index (κ3) is 5.95. The molecule has 0 aliphatic heterocycles. The van der Waals surface area contributed by atoms with Crippen LogP contribution in [0.4, 0.5) is 4.39 Å². The topological polar surface area (TPSA) is 65.9 Å². The van der Waals surface area contributed by atoms with Crippen LogP contribution in [-0.2, 0) is 12.8 Å². The molecule has 0 aromatic heterocycles. The van der Waals surface area contributed by atoms with E-state index in [0.29, 0.717) is 36.8 Å². The van der Waals surface area contributed by atoms with E-state index in [1.54, 1.807) is 18.2 Å². The number of nitrogens with one attached hydrogen (secondary N) is 2. The number of ether oxygens (including phenoxy) is 1. The molecule has 26 heavy (non-hydrogen) atoms. The van der Waals surface area contributed by atoms with Gasteiger partial charge in [-0.2, -0.15) is 0 Å². The molecule has 0 aliphatic rings. The Morgan fingerprint density at radius 1 is 1.15 bits per heavy atom. The van der Waals surface area contributed by atoms with Gasteiger partial charge in [-0.3, -0.25) is 4.99 Å². The zero-order valence-electron chi connectivity index (χ0n) is 15.3. The predicted molar refractivity (Wildman–Crippen MR) is 102 cm³/mol. The molecule has 0 saturated heterocycles. The van der Waals surface area contributed by atoms with E-state index in [1.807, 2.05) is 25.1 Å². The molecule has 0 atom stereocenters. The number of methoxy groups -OCH3 is 1. The fraction of sp³-hybridized carbons (Fsp3) is 0.350. The SMILES string of the molecule is CCNC(=NCCc1ccccc1F)NCCc1ccc(O)c(OC)c1. The highest BCUT2D eigenvalue weighted by Gasteiger charge is 2.04. The summed E-state index contributed by atoms with van der Waals surface area (Å²) in [5.74, 6) is 1.11. The molecule has 2 aromatic rings. The Morgan fingerprint density at radius 2 is 1.96 bits per heavy atom. The van der Waals surface area contributed by atoms with Gasteiger partial charge < -0.3 is 20.5 Å². The van der Waals surface area contributed by atoms with Crippen molar-refractivity contribution in [2.75, 3.05) is 26.7 Å². The first-order valence-electron chi connectivity index (χ1n) is 8.75. The first kappa shape index (κ1) is 19.6. The van der Waals surface area contributed by atoms with Gasteiger partial charge >= 0.3 is 0 Å². The molecule has 0 aliphatic carbocycles. The summed E-state index contributed by atoms with van der Waals surface area (Å²) in [5.41, 5.74) is 1.72. The summed E-state index contributed by atoms with van der Waals surface area (Å²) in [5, 5.41) is 16.1. The van der Waals surface area contributed by atoms with Crippen LogP contribution in [0.15, 0.2) is 47.5 Å². The Hall–Kier alpha value is -2.76. The molecular formula is C20H26FN3O2. The number of hydrogen-bond donors (Lipinski definition) is 3. The number of phenols is 1. The van der Waals surface area contributed by atoms with E-state index in [9.17, 15) is 9.50 Å². The molecule has 5 nitrogen and oxygen atoms in total. The van der Waals surface area contributed by atoms with E-state index in [-0.39, 0.29) is 11.6 Å². The summed E-state index contributed by atoms with van der Waals surface area (Å²) in [6.45, 7) is 3.93. The first-order chi connectivity index (χ1) is 12.6. The molecule has 6 heteroatoms. The smallest absolute Gasteiger partial charge is 0.191 e. The molecule has 0 radical (unpaired) electrons. The Balaban J connectivity index is 1.86. The van der Waals surface area contributed by atoms with Gasteiger partial charge in [0.15, 0.2) is 17.5 Å². The van der Waals surface area contributed by atoms with Gasteiger partial charge in [0, 0.05) is 19.6 Å². The fourth-order valence-electron chi connectivity index (χ4n) is 2.53. The number of nitrogens with zero attached hydrogens (tertiary/aromatic N) is 1. The fourth-order valence-corrected chi connectivity index (χ4v) is 2.53. The average Bonchev–Trinajstić information content (AvgIpc) is 2.64.